The van der Waals surface area contributed by atoms with E-state index in [1.807, 2.05) is 31.2 Å². The van der Waals surface area contributed by atoms with Crippen LogP contribution < -0.4 is 20.1 Å². The third-order valence-electron chi connectivity index (χ3n) is 4.99. The summed E-state index contributed by atoms with van der Waals surface area (Å²) < 4.78 is 21.9. The molecule has 1 unspecified atom stereocenters. The molecule has 8 heteroatoms. The first kappa shape index (κ1) is 25.4. The first-order chi connectivity index (χ1) is 15.1. The second-order valence-corrected chi connectivity index (χ2v) is 7.84. The van der Waals surface area contributed by atoms with E-state index in [4.69, 9.17) is 18.9 Å². The van der Waals surface area contributed by atoms with Crippen molar-refractivity contribution in [2.75, 3.05) is 52.7 Å². The van der Waals surface area contributed by atoms with Gasteiger partial charge in [0.05, 0.1) is 6.61 Å². The fourth-order valence-corrected chi connectivity index (χ4v) is 3.12. The lowest BCUT2D eigenvalue weighted by Crippen LogP contribution is -2.44. The van der Waals surface area contributed by atoms with Gasteiger partial charge in [0.1, 0.15) is 30.8 Å². The van der Waals surface area contributed by atoms with E-state index < -0.39 is 6.10 Å². The Bertz CT molecular complexity index is 607. The van der Waals surface area contributed by atoms with E-state index >= 15 is 0 Å². The topological polar surface area (TPSA) is 98.3 Å². The Morgan fingerprint density at radius 2 is 1.77 bits per heavy atom. The van der Waals surface area contributed by atoms with E-state index in [0.29, 0.717) is 45.3 Å². The smallest absolute Gasteiger partial charge is 0.223 e. The van der Waals surface area contributed by atoms with Crippen LogP contribution >= 0.6 is 0 Å². The number of rotatable bonds is 15. The molecule has 2 rings (SSSR count). The summed E-state index contributed by atoms with van der Waals surface area (Å²) in [4.78, 5) is 12.1. The Labute approximate surface area is 185 Å². The molecule has 1 aliphatic rings. The Hall–Kier alpha value is -1.87. The van der Waals surface area contributed by atoms with Crippen LogP contribution in [0.1, 0.15) is 33.1 Å². The Balaban J connectivity index is 1.55. The molecule has 2 atom stereocenters. The van der Waals surface area contributed by atoms with Crippen LogP contribution in [0.2, 0.25) is 0 Å². The summed E-state index contributed by atoms with van der Waals surface area (Å²) in [7, 11) is 0. The Kier molecular flexibility index (Phi) is 12.3. The number of hydrogen-bond acceptors (Lipinski definition) is 7. The molecule has 1 saturated heterocycles. The molecule has 1 heterocycles. The number of amides is 1. The molecule has 0 radical (unpaired) electrons. The molecule has 1 amide bonds. The third kappa shape index (κ3) is 10.8. The van der Waals surface area contributed by atoms with Gasteiger partial charge in [-0.2, -0.15) is 0 Å². The summed E-state index contributed by atoms with van der Waals surface area (Å²) in [6, 6.07) is 7.36. The van der Waals surface area contributed by atoms with Crippen molar-refractivity contribution in [3.05, 3.63) is 24.3 Å². The predicted octanol–water partition coefficient (Wildman–Crippen LogP) is 1.75. The summed E-state index contributed by atoms with van der Waals surface area (Å²) in [6.45, 7) is 8.27. The Morgan fingerprint density at radius 1 is 1.10 bits per heavy atom. The van der Waals surface area contributed by atoms with Crippen molar-refractivity contribution < 1.29 is 28.8 Å². The molecule has 1 aliphatic heterocycles. The fourth-order valence-electron chi connectivity index (χ4n) is 3.12. The van der Waals surface area contributed by atoms with Gasteiger partial charge in [0.2, 0.25) is 5.91 Å². The zero-order valence-corrected chi connectivity index (χ0v) is 18.8. The average molecular weight is 439 g/mol. The number of nitrogens with one attached hydrogen (secondary N) is 2. The van der Waals surface area contributed by atoms with E-state index in [1.165, 1.54) is 0 Å². The first-order valence-electron chi connectivity index (χ1n) is 11.3. The van der Waals surface area contributed by atoms with Gasteiger partial charge in [0.25, 0.3) is 0 Å². The van der Waals surface area contributed by atoms with Gasteiger partial charge >= 0.3 is 0 Å². The summed E-state index contributed by atoms with van der Waals surface area (Å²) in [5, 5.41) is 16.4. The molecule has 1 aromatic rings. The monoisotopic (exact) mass is 438 g/mol. The number of ether oxygens (including phenoxy) is 4. The molecular weight excluding hydrogens is 400 g/mol. The lowest BCUT2D eigenvalue weighted by atomic mass is 9.99. The second-order valence-electron chi connectivity index (χ2n) is 7.84. The van der Waals surface area contributed by atoms with Crippen molar-refractivity contribution in [2.24, 2.45) is 5.92 Å². The molecule has 176 valence electrons. The van der Waals surface area contributed by atoms with E-state index in [2.05, 4.69) is 17.6 Å². The van der Waals surface area contributed by atoms with Crippen molar-refractivity contribution in [3.63, 3.8) is 0 Å². The van der Waals surface area contributed by atoms with Gasteiger partial charge < -0.3 is 34.7 Å². The van der Waals surface area contributed by atoms with Crippen LogP contribution in [0, 0.1) is 5.92 Å². The largest absolute Gasteiger partial charge is 0.491 e. The van der Waals surface area contributed by atoms with E-state index in [1.54, 1.807) is 0 Å². The molecule has 0 aliphatic carbocycles. The minimum Gasteiger partial charge on any atom is -0.491 e. The molecule has 1 aromatic carbocycles. The highest BCUT2D eigenvalue weighted by molar-refractivity contribution is 5.78. The zero-order chi connectivity index (χ0) is 22.3. The number of hydrogen-bond donors (Lipinski definition) is 3. The number of aliphatic hydroxyl groups excluding tert-OH is 1. The van der Waals surface area contributed by atoms with Gasteiger partial charge in [0, 0.05) is 44.9 Å². The maximum Gasteiger partial charge on any atom is 0.223 e. The van der Waals surface area contributed by atoms with Gasteiger partial charge in [-0.15, -0.1) is 0 Å². The van der Waals surface area contributed by atoms with Crippen LogP contribution in [0.25, 0.3) is 0 Å². The second kappa shape index (κ2) is 15.0. The number of aliphatic hydroxyl groups is 1. The lowest BCUT2D eigenvalue weighted by Gasteiger charge is -2.23. The van der Waals surface area contributed by atoms with Crippen LogP contribution in [-0.2, 0) is 14.3 Å². The molecule has 31 heavy (non-hydrogen) atoms. The van der Waals surface area contributed by atoms with Crippen molar-refractivity contribution in [2.45, 2.75) is 45.3 Å². The van der Waals surface area contributed by atoms with Crippen LogP contribution in [0.3, 0.4) is 0 Å². The molecule has 0 saturated carbocycles. The van der Waals surface area contributed by atoms with Crippen molar-refractivity contribution >= 4 is 5.91 Å². The first-order valence-corrected chi connectivity index (χ1v) is 11.3. The van der Waals surface area contributed by atoms with Crippen LogP contribution in [-0.4, -0.2) is 75.9 Å². The summed E-state index contributed by atoms with van der Waals surface area (Å²) in [5.74, 6) is 1.56. The Morgan fingerprint density at radius 3 is 2.45 bits per heavy atom. The highest BCUT2D eigenvalue weighted by Gasteiger charge is 2.21. The molecule has 0 spiro atoms. The lowest BCUT2D eigenvalue weighted by molar-refractivity contribution is -0.127. The maximum absolute atomic E-state index is 12.1. The molecule has 3 N–H and O–H groups in total. The minimum atomic E-state index is -0.653. The van der Waals surface area contributed by atoms with Crippen molar-refractivity contribution in [1.29, 1.82) is 0 Å². The van der Waals surface area contributed by atoms with Crippen LogP contribution in [0.15, 0.2) is 24.3 Å². The van der Waals surface area contributed by atoms with Gasteiger partial charge in [-0.1, -0.05) is 6.92 Å². The van der Waals surface area contributed by atoms with Crippen molar-refractivity contribution in [1.82, 2.24) is 10.6 Å². The van der Waals surface area contributed by atoms with E-state index in [9.17, 15) is 9.90 Å². The van der Waals surface area contributed by atoms with E-state index in [0.717, 1.165) is 31.6 Å². The number of benzene rings is 1. The van der Waals surface area contributed by atoms with Crippen molar-refractivity contribution in [3.8, 4) is 11.5 Å². The zero-order valence-electron chi connectivity index (χ0n) is 18.8. The third-order valence-corrected chi connectivity index (χ3v) is 4.99. The van der Waals surface area contributed by atoms with E-state index in [-0.39, 0.29) is 24.5 Å². The van der Waals surface area contributed by atoms with Gasteiger partial charge in [-0.25, -0.2) is 0 Å². The van der Waals surface area contributed by atoms with Crippen LogP contribution in [0.4, 0.5) is 0 Å². The number of carbonyl (C=O) groups excluding carboxylic acids is 1. The van der Waals surface area contributed by atoms with Gasteiger partial charge in [-0.05, 0) is 50.5 Å². The van der Waals surface area contributed by atoms with Gasteiger partial charge in [0.15, 0.2) is 0 Å². The predicted molar refractivity (Wildman–Crippen MR) is 119 cm³/mol. The molecule has 0 aromatic heterocycles. The normalized spacial score (nSPS) is 16.5. The summed E-state index contributed by atoms with van der Waals surface area (Å²) >= 11 is 0. The fraction of sp³-hybridized carbons (Fsp3) is 0.696. The number of carbonyl (C=O) groups is 1. The summed E-state index contributed by atoms with van der Waals surface area (Å²) in [6.07, 6.45) is 1.91. The standard InChI is InChI=1S/C23H38N2O6/c1-3-10-28-13-14-30-21-4-6-22(7-5-21)31-17-20(26)16-24-18(2)15-25-23(27)19-8-11-29-12-9-19/h4-7,18-20,24,26H,3,8-17H2,1-2H3,(H,25,27)/t18-,20?/m1/s1. The van der Waals surface area contributed by atoms with Gasteiger partial charge in [-0.3, -0.25) is 4.79 Å². The maximum atomic E-state index is 12.1. The highest BCUT2D eigenvalue weighted by atomic mass is 16.5. The summed E-state index contributed by atoms with van der Waals surface area (Å²) in [5.41, 5.74) is 0. The highest BCUT2D eigenvalue weighted by Crippen LogP contribution is 2.18. The SMILES string of the molecule is CCCOCCOc1ccc(OCC(O)CN[C@H](C)CNC(=O)C2CCOCC2)cc1. The average Bonchev–Trinajstić information content (AvgIpc) is 2.81. The molecule has 1 fully saturated rings. The minimum absolute atomic E-state index is 0.0473. The van der Waals surface area contributed by atoms with Crippen LogP contribution in [0.5, 0.6) is 11.5 Å². The molecule has 0 bridgehead atoms. The molecule has 8 nitrogen and oxygen atoms in total. The molecular formula is C23H38N2O6. The quantitative estimate of drug-likeness (QED) is 0.359.